The van der Waals surface area contributed by atoms with Gasteiger partial charge in [0.1, 0.15) is 5.75 Å². The van der Waals surface area contributed by atoms with Crippen molar-refractivity contribution in [3.05, 3.63) is 65.7 Å². The van der Waals surface area contributed by atoms with Gasteiger partial charge in [-0.1, -0.05) is 42.5 Å². The van der Waals surface area contributed by atoms with E-state index in [2.05, 4.69) is 17.4 Å². The van der Waals surface area contributed by atoms with Crippen LogP contribution in [0.5, 0.6) is 5.75 Å². The molecular weight excluding hydrogens is 264 g/mol. The van der Waals surface area contributed by atoms with Gasteiger partial charge < -0.3 is 15.8 Å². The van der Waals surface area contributed by atoms with E-state index >= 15 is 0 Å². The number of carbonyl (C=O) groups excluding carboxylic acids is 1. The molecule has 0 aliphatic heterocycles. The lowest BCUT2D eigenvalue weighted by Gasteiger charge is -2.20. The van der Waals surface area contributed by atoms with Crippen LogP contribution in [0, 0.1) is 0 Å². The molecule has 0 spiro atoms. The Bertz CT molecular complexity index is 567. The number of nitrogens with two attached hydrogens (primary N) is 1. The van der Waals surface area contributed by atoms with Gasteiger partial charge in [-0.05, 0) is 23.3 Å². The van der Waals surface area contributed by atoms with E-state index in [1.165, 1.54) is 0 Å². The van der Waals surface area contributed by atoms with E-state index in [1.54, 1.807) is 7.11 Å². The molecule has 21 heavy (non-hydrogen) atoms. The van der Waals surface area contributed by atoms with Gasteiger partial charge in [-0.25, -0.2) is 0 Å². The second-order valence-corrected chi connectivity index (χ2v) is 4.79. The molecule has 4 heteroatoms. The van der Waals surface area contributed by atoms with Crippen LogP contribution in [0.15, 0.2) is 54.6 Å². The van der Waals surface area contributed by atoms with E-state index in [0.717, 1.165) is 16.9 Å². The zero-order valence-corrected chi connectivity index (χ0v) is 12.1. The smallest absolute Gasteiger partial charge is 0.218 e. The van der Waals surface area contributed by atoms with Crippen molar-refractivity contribution >= 4 is 5.91 Å². The largest absolute Gasteiger partial charge is 0.497 e. The Hall–Kier alpha value is -2.33. The number of primary amides is 1. The minimum Gasteiger partial charge on any atom is -0.497 e. The summed E-state index contributed by atoms with van der Waals surface area (Å²) in [6.07, 6.45) is 0.319. The van der Waals surface area contributed by atoms with E-state index in [4.69, 9.17) is 10.5 Å². The molecule has 110 valence electrons. The average molecular weight is 284 g/mol. The predicted molar refractivity (Wildman–Crippen MR) is 83.1 cm³/mol. The van der Waals surface area contributed by atoms with E-state index in [9.17, 15) is 4.79 Å². The van der Waals surface area contributed by atoms with Crippen molar-refractivity contribution in [3.63, 3.8) is 0 Å². The van der Waals surface area contributed by atoms with Crippen molar-refractivity contribution < 1.29 is 9.53 Å². The highest BCUT2D eigenvalue weighted by Crippen LogP contribution is 2.24. The van der Waals surface area contributed by atoms with Gasteiger partial charge in [0.15, 0.2) is 0 Å². The highest BCUT2D eigenvalue weighted by atomic mass is 16.5. The fourth-order valence-electron chi connectivity index (χ4n) is 2.21. The molecule has 0 bridgehead atoms. The number of carbonyl (C=O) groups is 1. The Balaban J connectivity index is 2.19. The average Bonchev–Trinajstić information content (AvgIpc) is 2.52. The molecule has 1 amide bonds. The van der Waals surface area contributed by atoms with Gasteiger partial charge in [-0.15, -0.1) is 0 Å². The third-order valence-electron chi connectivity index (χ3n) is 3.30. The number of methoxy groups -OCH3 is 1. The van der Waals surface area contributed by atoms with Gasteiger partial charge in [0.2, 0.25) is 5.91 Å². The van der Waals surface area contributed by atoms with E-state index in [1.807, 2.05) is 42.5 Å². The molecule has 2 aromatic rings. The van der Waals surface area contributed by atoms with Crippen LogP contribution in [0.25, 0.3) is 0 Å². The van der Waals surface area contributed by atoms with Crippen molar-refractivity contribution in [1.29, 1.82) is 0 Å². The summed E-state index contributed by atoms with van der Waals surface area (Å²) in [7, 11) is 1.65. The summed E-state index contributed by atoms with van der Waals surface area (Å²) in [6.45, 7) is 0.543. The summed E-state index contributed by atoms with van der Waals surface area (Å²) in [6, 6.07) is 18.0. The molecule has 1 unspecified atom stereocenters. The zero-order valence-electron chi connectivity index (χ0n) is 12.1. The number of rotatable bonds is 7. The van der Waals surface area contributed by atoms with Crippen molar-refractivity contribution in [2.45, 2.75) is 12.5 Å². The van der Waals surface area contributed by atoms with Crippen LogP contribution in [-0.2, 0) is 4.79 Å². The topological polar surface area (TPSA) is 64.3 Å². The number of amides is 1. The summed E-state index contributed by atoms with van der Waals surface area (Å²) in [5.41, 5.74) is 7.46. The molecule has 2 aromatic carbocycles. The first-order chi connectivity index (χ1) is 10.2. The maximum Gasteiger partial charge on any atom is 0.218 e. The first-order valence-electron chi connectivity index (χ1n) is 6.91. The van der Waals surface area contributed by atoms with Crippen molar-refractivity contribution in [3.8, 4) is 5.75 Å². The Morgan fingerprint density at radius 1 is 1.10 bits per heavy atom. The van der Waals surface area contributed by atoms with Crippen LogP contribution in [0.1, 0.15) is 23.6 Å². The van der Waals surface area contributed by atoms with Crippen LogP contribution in [0.2, 0.25) is 0 Å². The van der Waals surface area contributed by atoms with Gasteiger partial charge in [-0.2, -0.15) is 0 Å². The standard InChI is InChI=1S/C17H20N2O2/c1-21-15-9-7-14(8-10-15)17(19-12-11-16(18)20)13-5-3-2-4-6-13/h2-10,17,19H,11-12H2,1H3,(H2,18,20). The van der Waals surface area contributed by atoms with Crippen molar-refractivity contribution in [2.75, 3.05) is 13.7 Å². The number of benzene rings is 2. The van der Waals surface area contributed by atoms with Crippen LogP contribution in [0.4, 0.5) is 0 Å². The summed E-state index contributed by atoms with van der Waals surface area (Å²) in [4.78, 5) is 10.9. The number of nitrogens with one attached hydrogen (secondary N) is 1. The molecule has 0 aromatic heterocycles. The predicted octanol–water partition coefficient (Wildman–Crippen LogP) is 2.25. The Morgan fingerprint density at radius 2 is 1.71 bits per heavy atom. The lowest BCUT2D eigenvalue weighted by Crippen LogP contribution is -2.27. The fraction of sp³-hybridized carbons (Fsp3) is 0.235. The summed E-state index contributed by atoms with van der Waals surface area (Å²) in [5.74, 6) is 0.520. The second kappa shape index (κ2) is 7.45. The molecule has 0 radical (unpaired) electrons. The molecule has 0 saturated heterocycles. The Morgan fingerprint density at radius 3 is 2.29 bits per heavy atom. The minimum absolute atomic E-state index is 0.0245. The number of hydrogen-bond donors (Lipinski definition) is 2. The molecule has 1 atom stereocenters. The number of hydrogen-bond acceptors (Lipinski definition) is 3. The molecule has 0 heterocycles. The monoisotopic (exact) mass is 284 g/mol. The third-order valence-corrected chi connectivity index (χ3v) is 3.30. The molecule has 3 N–H and O–H groups in total. The van der Waals surface area contributed by atoms with E-state index < -0.39 is 0 Å². The van der Waals surface area contributed by atoms with Gasteiger partial charge in [0.05, 0.1) is 13.2 Å². The third kappa shape index (κ3) is 4.33. The molecule has 0 fully saturated rings. The normalized spacial score (nSPS) is 11.9. The first-order valence-corrected chi connectivity index (χ1v) is 6.91. The van der Waals surface area contributed by atoms with Crippen molar-refractivity contribution in [2.24, 2.45) is 5.73 Å². The van der Waals surface area contributed by atoms with Gasteiger partial charge in [-0.3, -0.25) is 4.79 Å². The van der Waals surface area contributed by atoms with Crippen LogP contribution in [-0.4, -0.2) is 19.6 Å². The lowest BCUT2D eigenvalue weighted by molar-refractivity contribution is -0.117. The maximum absolute atomic E-state index is 10.9. The molecule has 0 aliphatic rings. The lowest BCUT2D eigenvalue weighted by atomic mass is 9.98. The molecular formula is C17H20N2O2. The number of ether oxygens (including phenoxy) is 1. The maximum atomic E-state index is 10.9. The minimum atomic E-state index is -0.302. The molecule has 0 aliphatic carbocycles. The summed E-state index contributed by atoms with van der Waals surface area (Å²) in [5, 5.41) is 3.38. The van der Waals surface area contributed by atoms with Crippen LogP contribution in [0.3, 0.4) is 0 Å². The van der Waals surface area contributed by atoms with Crippen molar-refractivity contribution in [1.82, 2.24) is 5.32 Å². The quantitative estimate of drug-likeness (QED) is 0.819. The van der Waals surface area contributed by atoms with Crippen LogP contribution >= 0.6 is 0 Å². The Kier molecular flexibility index (Phi) is 5.35. The Labute approximate surface area is 124 Å². The second-order valence-electron chi connectivity index (χ2n) is 4.79. The SMILES string of the molecule is COc1ccc(C(NCCC(N)=O)c2ccccc2)cc1. The zero-order chi connectivity index (χ0) is 15.1. The molecule has 2 rings (SSSR count). The van der Waals surface area contributed by atoms with Gasteiger partial charge in [0.25, 0.3) is 0 Å². The van der Waals surface area contributed by atoms with Gasteiger partial charge >= 0.3 is 0 Å². The van der Waals surface area contributed by atoms with Gasteiger partial charge in [0, 0.05) is 13.0 Å². The first kappa shape index (κ1) is 15.1. The van der Waals surface area contributed by atoms with E-state index in [0.29, 0.717) is 13.0 Å². The summed E-state index contributed by atoms with van der Waals surface area (Å²) < 4.78 is 5.19. The summed E-state index contributed by atoms with van der Waals surface area (Å²) >= 11 is 0. The fourth-order valence-corrected chi connectivity index (χ4v) is 2.21. The molecule has 4 nitrogen and oxygen atoms in total. The van der Waals surface area contributed by atoms with Crippen LogP contribution < -0.4 is 15.8 Å². The molecule has 0 saturated carbocycles. The highest BCUT2D eigenvalue weighted by molar-refractivity contribution is 5.73. The highest BCUT2D eigenvalue weighted by Gasteiger charge is 2.13. The van der Waals surface area contributed by atoms with E-state index in [-0.39, 0.29) is 11.9 Å².